The zero-order chi connectivity index (χ0) is 15.7. The van der Waals surface area contributed by atoms with Crippen molar-refractivity contribution in [3.8, 4) is 0 Å². The number of carbonyl (C=O) groups excluding carboxylic acids is 4. The number of hydrogen-bond donors (Lipinski definition) is 0. The van der Waals surface area contributed by atoms with E-state index in [2.05, 4.69) is 0 Å². The van der Waals surface area contributed by atoms with Gasteiger partial charge in [0.2, 0.25) is 5.91 Å². The van der Waals surface area contributed by atoms with E-state index in [9.17, 15) is 19.2 Å². The van der Waals surface area contributed by atoms with E-state index in [0.717, 1.165) is 12.8 Å². The number of likely N-dealkylation sites (tertiary alicyclic amines) is 1. The number of amides is 3. The van der Waals surface area contributed by atoms with Gasteiger partial charge in [-0.25, -0.2) is 4.79 Å². The van der Waals surface area contributed by atoms with Crippen molar-refractivity contribution in [2.45, 2.75) is 19.3 Å². The van der Waals surface area contributed by atoms with E-state index < -0.39 is 17.8 Å². The van der Waals surface area contributed by atoms with Crippen molar-refractivity contribution >= 4 is 23.7 Å². The number of benzene rings is 1. The summed E-state index contributed by atoms with van der Waals surface area (Å²) in [6.45, 7) is 0.224. The zero-order valence-corrected chi connectivity index (χ0v) is 11.8. The first kappa shape index (κ1) is 14.2. The van der Waals surface area contributed by atoms with Gasteiger partial charge in [0.1, 0.15) is 6.54 Å². The normalized spacial score (nSPS) is 17.7. The van der Waals surface area contributed by atoms with Crippen LogP contribution in [0.15, 0.2) is 24.3 Å². The standard InChI is InChI=1S/C15H14N2O5/c18-12-7-3-4-8-16(12)9-13(19)22-17-14(20)10-5-1-2-6-11(10)15(17)21/h1-2,5-6H,3-4,7-9H2. The Morgan fingerprint density at radius 1 is 1.05 bits per heavy atom. The summed E-state index contributed by atoms with van der Waals surface area (Å²) in [5, 5.41) is 0.460. The molecule has 3 rings (SSSR count). The smallest absolute Gasteiger partial charge is 0.331 e. The molecular formula is C15H14N2O5. The van der Waals surface area contributed by atoms with Crippen molar-refractivity contribution in [1.29, 1.82) is 0 Å². The lowest BCUT2D eigenvalue weighted by Gasteiger charge is -2.26. The molecule has 2 heterocycles. The molecule has 0 bridgehead atoms. The molecule has 1 saturated heterocycles. The highest BCUT2D eigenvalue weighted by atomic mass is 16.7. The van der Waals surface area contributed by atoms with E-state index in [1.807, 2.05) is 0 Å². The fourth-order valence-corrected chi connectivity index (χ4v) is 2.57. The number of imide groups is 1. The average Bonchev–Trinajstić information content (AvgIpc) is 2.75. The van der Waals surface area contributed by atoms with Crippen molar-refractivity contribution in [2.75, 3.05) is 13.1 Å². The van der Waals surface area contributed by atoms with Crippen LogP contribution in [0.2, 0.25) is 0 Å². The Kier molecular flexibility index (Phi) is 3.62. The summed E-state index contributed by atoms with van der Waals surface area (Å²) in [5.74, 6) is -2.26. The van der Waals surface area contributed by atoms with Gasteiger partial charge in [0.25, 0.3) is 11.8 Å². The lowest BCUT2D eigenvalue weighted by Crippen LogP contribution is -2.42. The topological polar surface area (TPSA) is 84.0 Å². The molecule has 0 atom stereocenters. The molecule has 114 valence electrons. The van der Waals surface area contributed by atoms with Crippen LogP contribution >= 0.6 is 0 Å². The van der Waals surface area contributed by atoms with Crippen molar-refractivity contribution in [1.82, 2.24) is 9.96 Å². The second-order valence-electron chi connectivity index (χ2n) is 5.19. The molecule has 2 aliphatic rings. The zero-order valence-electron chi connectivity index (χ0n) is 11.8. The minimum atomic E-state index is -0.801. The molecule has 0 N–H and O–H groups in total. The minimum absolute atomic E-state index is 0.120. The summed E-state index contributed by atoms with van der Waals surface area (Å²) in [6.07, 6.45) is 2.04. The molecular weight excluding hydrogens is 288 g/mol. The molecule has 0 unspecified atom stereocenters. The minimum Gasteiger partial charge on any atom is -0.331 e. The van der Waals surface area contributed by atoms with E-state index in [4.69, 9.17) is 4.84 Å². The maximum Gasteiger partial charge on any atom is 0.352 e. The summed E-state index contributed by atoms with van der Waals surface area (Å²) in [4.78, 5) is 53.9. The van der Waals surface area contributed by atoms with Crippen molar-refractivity contribution in [2.24, 2.45) is 0 Å². The number of hydroxylamine groups is 2. The average molecular weight is 302 g/mol. The Balaban J connectivity index is 1.67. The maximum atomic E-state index is 12.0. The van der Waals surface area contributed by atoms with Gasteiger partial charge in [0.15, 0.2) is 0 Å². The highest BCUT2D eigenvalue weighted by Crippen LogP contribution is 2.22. The lowest BCUT2D eigenvalue weighted by molar-refractivity contribution is -0.171. The summed E-state index contributed by atoms with van der Waals surface area (Å²) in [7, 11) is 0. The molecule has 7 nitrogen and oxygen atoms in total. The molecule has 0 saturated carbocycles. The third-order valence-electron chi connectivity index (χ3n) is 3.69. The monoisotopic (exact) mass is 302 g/mol. The van der Waals surface area contributed by atoms with Gasteiger partial charge in [-0.05, 0) is 25.0 Å². The second kappa shape index (κ2) is 5.59. The van der Waals surface area contributed by atoms with Crippen LogP contribution in [0.25, 0.3) is 0 Å². The van der Waals surface area contributed by atoms with Crippen LogP contribution < -0.4 is 0 Å². The van der Waals surface area contributed by atoms with Gasteiger partial charge in [-0.2, -0.15) is 0 Å². The molecule has 1 aromatic rings. The highest BCUT2D eigenvalue weighted by Gasteiger charge is 2.39. The fraction of sp³-hybridized carbons (Fsp3) is 0.333. The Morgan fingerprint density at radius 2 is 1.68 bits per heavy atom. The Labute approximate surface area is 126 Å². The predicted molar refractivity (Wildman–Crippen MR) is 73.5 cm³/mol. The summed E-state index contributed by atoms with van der Waals surface area (Å²) in [6, 6.07) is 6.25. The van der Waals surface area contributed by atoms with Crippen molar-refractivity contribution in [3.05, 3.63) is 35.4 Å². The number of carbonyl (C=O) groups is 4. The highest BCUT2D eigenvalue weighted by molar-refractivity contribution is 6.20. The van der Waals surface area contributed by atoms with Gasteiger partial charge >= 0.3 is 5.97 Å². The van der Waals surface area contributed by atoms with Crippen LogP contribution in [0.3, 0.4) is 0 Å². The van der Waals surface area contributed by atoms with E-state index in [1.165, 1.54) is 17.0 Å². The van der Waals surface area contributed by atoms with Crippen LogP contribution in [0, 0.1) is 0 Å². The first-order chi connectivity index (χ1) is 10.6. The van der Waals surface area contributed by atoms with Crippen LogP contribution in [-0.4, -0.2) is 46.7 Å². The number of hydrogen-bond acceptors (Lipinski definition) is 5. The SMILES string of the molecule is O=C(CN1CCCCC1=O)ON1C(=O)c2ccccc2C1=O. The van der Waals surface area contributed by atoms with E-state index in [1.54, 1.807) is 12.1 Å². The van der Waals surface area contributed by atoms with Gasteiger partial charge in [0, 0.05) is 13.0 Å². The quantitative estimate of drug-likeness (QED) is 0.769. The maximum absolute atomic E-state index is 12.0. The number of rotatable bonds is 3. The molecule has 22 heavy (non-hydrogen) atoms. The van der Waals surface area contributed by atoms with Crippen LogP contribution in [0.1, 0.15) is 40.0 Å². The van der Waals surface area contributed by atoms with E-state index >= 15 is 0 Å². The number of nitrogens with zero attached hydrogens (tertiary/aromatic N) is 2. The van der Waals surface area contributed by atoms with Crippen LogP contribution in [-0.2, 0) is 14.4 Å². The first-order valence-electron chi connectivity index (χ1n) is 7.04. The van der Waals surface area contributed by atoms with Gasteiger partial charge in [-0.15, -0.1) is 0 Å². The molecule has 1 fully saturated rings. The van der Waals surface area contributed by atoms with E-state index in [0.29, 0.717) is 18.0 Å². The third kappa shape index (κ3) is 2.45. The van der Waals surface area contributed by atoms with Gasteiger partial charge in [0.05, 0.1) is 11.1 Å². The summed E-state index contributed by atoms with van der Waals surface area (Å²) in [5.41, 5.74) is 0.406. The van der Waals surface area contributed by atoms with E-state index in [-0.39, 0.29) is 23.6 Å². The van der Waals surface area contributed by atoms with Crippen molar-refractivity contribution < 1.29 is 24.0 Å². The van der Waals surface area contributed by atoms with Crippen LogP contribution in [0.4, 0.5) is 0 Å². The molecule has 2 aliphatic heterocycles. The molecule has 0 aromatic heterocycles. The van der Waals surface area contributed by atoms with Crippen LogP contribution in [0.5, 0.6) is 0 Å². The predicted octanol–water partition coefficient (Wildman–Crippen LogP) is 0.753. The second-order valence-corrected chi connectivity index (χ2v) is 5.19. The van der Waals surface area contributed by atoms with Gasteiger partial charge in [-0.3, -0.25) is 14.4 Å². The molecule has 1 aromatic carbocycles. The summed E-state index contributed by atoms with van der Waals surface area (Å²) >= 11 is 0. The summed E-state index contributed by atoms with van der Waals surface area (Å²) < 4.78 is 0. The number of fused-ring (bicyclic) bond motifs is 1. The van der Waals surface area contributed by atoms with Gasteiger partial charge in [-0.1, -0.05) is 17.2 Å². The molecule has 0 aliphatic carbocycles. The third-order valence-corrected chi connectivity index (χ3v) is 3.69. The van der Waals surface area contributed by atoms with Crippen molar-refractivity contribution in [3.63, 3.8) is 0 Å². The largest absolute Gasteiger partial charge is 0.352 e. The Bertz CT molecular complexity index is 635. The Hall–Kier alpha value is -2.70. The Morgan fingerprint density at radius 3 is 2.27 bits per heavy atom. The fourth-order valence-electron chi connectivity index (χ4n) is 2.57. The number of piperidine rings is 1. The lowest BCUT2D eigenvalue weighted by atomic mass is 10.1. The molecule has 7 heteroatoms. The first-order valence-corrected chi connectivity index (χ1v) is 7.04. The molecule has 0 radical (unpaired) electrons. The molecule has 3 amide bonds. The molecule has 0 spiro atoms. The van der Waals surface area contributed by atoms with Gasteiger partial charge < -0.3 is 9.74 Å².